The summed E-state index contributed by atoms with van der Waals surface area (Å²) in [5, 5.41) is 18.7. The molecule has 0 aliphatic heterocycles. The van der Waals surface area contributed by atoms with Crippen LogP contribution < -0.4 is 5.32 Å². The smallest absolute Gasteiger partial charge is 0.255 e. The van der Waals surface area contributed by atoms with Crippen molar-refractivity contribution in [2.24, 2.45) is 5.18 Å². The molecule has 126 valence electrons. The summed E-state index contributed by atoms with van der Waals surface area (Å²) < 4.78 is 0. The van der Waals surface area contributed by atoms with E-state index in [2.05, 4.69) is 10.5 Å². The van der Waals surface area contributed by atoms with E-state index in [9.17, 15) is 14.8 Å². The second-order valence-electron chi connectivity index (χ2n) is 5.94. The number of aromatic hydroxyl groups is 1. The molecule has 0 saturated heterocycles. The molecule has 26 heavy (non-hydrogen) atoms. The summed E-state index contributed by atoms with van der Waals surface area (Å²) in [6.07, 6.45) is 0. The lowest BCUT2D eigenvalue weighted by molar-refractivity contribution is 0.102. The van der Waals surface area contributed by atoms with Gasteiger partial charge in [-0.15, -0.1) is 4.91 Å². The van der Waals surface area contributed by atoms with Crippen LogP contribution in [0.25, 0.3) is 21.5 Å². The molecule has 0 aliphatic rings. The van der Waals surface area contributed by atoms with Gasteiger partial charge in [-0.25, -0.2) is 0 Å². The molecule has 1 amide bonds. The highest BCUT2D eigenvalue weighted by atomic mass is 16.3. The number of benzene rings is 4. The number of carbonyl (C=O) groups excluding carboxylic acids is 1. The Morgan fingerprint density at radius 1 is 0.846 bits per heavy atom. The van der Waals surface area contributed by atoms with Crippen molar-refractivity contribution in [2.75, 3.05) is 5.32 Å². The third kappa shape index (κ3) is 2.65. The van der Waals surface area contributed by atoms with Gasteiger partial charge in [0, 0.05) is 22.0 Å². The van der Waals surface area contributed by atoms with Crippen molar-refractivity contribution in [3.05, 3.63) is 83.3 Å². The van der Waals surface area contributed by atoms with E-state index in [1.165, 1.54) is 6.07 Å². The zero-order valence-corrected chi connectivity index (χ0v) is 13.6. The Morgan fingerprint density at radius 2 is 1.65 bits per heavy atom. The molecule has 5 heteroatoms. The number of nitrogens with one attached hydrogen (secondary N) is 1. The molecule has 0 atom stereocenters. The van der Waals surface area contributed by atoms with E-state index in [-0.39, 0.29) is 17.3 Å². The first-order valence-electron chi connectivity index (χ1n) is 8.05. The summed E-state index contributed by atoms with van der Waals surface area (Å²) in [6.45, 7) is 0. The highest BCUT2D eigenvalue weighted by molar-refractivity contribution is 6.11. The zero-order chi connectivity index (χ0) is 18.1. The van der Waals surface area contributed by atoms with Gasteiger partial charge >= 0.3 is 0 Å². The average Bonchev–Trinajstić information content (AvgIpc) is 2.68. The van der Waals surface area contributed by atoms with Gasteiger partial charge in [-0.05, 0) is 40.2 Å². The molecule has 4 rings (SSSR count). The number of nitrogens with zero attached hydrogens (tertiary/aromatic N) is 1. The van der Waals surface area contributed by atoms with E-state index < -0.39 is 0 Å². The van der Waals surface area contributed by atoms with Crippen molar-refractivity contribution in [1.29, 1.82) is 0 Å². The number of nitroso groups, excluding NO2 is 1. The SMILES string of the molecule is O=Nc1c(O)ccc2cc(C(=O)Nc3cccc4ccccc34)ccc12. The molecule has 0 aromatic heterocycles. The Bertz CT molecular complexity index is 1160. The number of carbonyl (C=O) groups is 1. The Kier molecular flexibility index (Phi) is 3.82. The minimum Gasteiger partial charge on any atom is -0.506 e. The molecular formula is C21H14N2O3. The van der Waals surface area contributed by atoms with Gasteiger partial charge in [0.2, 0.25) is 0 Å². The maximum absolute atomic E-state index is 12.7. The highest BCUT2D eigenvalue weighted by Gasteiger charge is 2.12. The van der Waals surface area contributed by atoms with Crippen LogP contribution >= 0.6 is 0 Å². The van der Waals surface area contributed by atoms with Crippen LogP contribution in [0.4, 0.5) is 11.4 Å². The molecule has 2 N–H and O–H groups in total. The molecule has 4 aromatic rings. The number of anilines is 1. The molecule has 0 bridgehead atoms. The second-order valence-corrected chi connectivity index (χ2v) is 5.94. The summed E-state index contributed by atoms with van der Waals surface area (Å²) in [6, 6.07) is 21.5. The number of phenols is 1. The van der Waals surface area contributed by atoms with Gasteiger partial charge in [-0.1, -0.05) is 48.5 Å². The van der Waals surface area contributed by atoms with E-state index in [0.717, 1.165) is 16.5 Å². The third-order valence-corrected chi connectivity index (χ3v) is 4.36. The lowest BCUT2D eigenvalue weighted by Gasteiger charge is -2.10. The lowest BCUT2D eigenvalue weighted by Crippen LogP contribution is -2.12. The number of amides is 1. The fourth-order valence-electron chi connectivity index (χ4n) is 3.07. The second kappa shape index (κ2) is 6.29. The van der Waals surface area contributed by atoms with E-state index >= 15 is 0 Å². The fraction of sp³-hybridized carbons (Fsp3) is 0. The third-order valence-electron chi connectivity index (χ3n) is 4.36. The molecule has 0 unspecified atom stereocenters. The van der Waals surface area contributed by atoms with Crippen LogP contribution in [0.1, 0.15) is 10.4 Å². The van der Waals surface area contributed by atoms with E-state index in [0.29, 0.717) is 16.3 Å². The Labute approximate surface area is 148 Å². The molecule has 0 fully saturated rings. The predicted octanol–water partition coefficient (Wildman–Crippen LogP) is 5.35. The van der Waals surface area contributed by atoms with Gasteiger partial charge < -0.3 is 10.4 Å². The van der Waals surface area contributed by atoms with Gasteiger partial charge in [-0.2, -0.15) is 0 Å². The topological polar surface area (TPSA) is 78.8 Å². The van der Waals surface area contributed by atoms with Crippen molar-refractivity contribution >= 4 is 38.8 Å². The van der Waals surface area contributed by atoms with Gasteiger partial charge in [0.1, 0.15) is 5.75 Å². The largest absolute Gasteiger partial charge is 0.506 e. The predicted molar refractivity (Wildman–Crippen MR) is 103 cm³/mol. The van der Waals surface area contributed by atoms with Crippen molar-refractivity contribution in [2.45, 2.75) is 0 Å². The monoisotopic (exact) mass is 342 g/mol. The van der Waals surface area contributed by atoms with Crippen LogP contribution in [0.2, 0.25) is 0 Å². The normalized spacial score (nSPS) is 10.8. The number of hydrogen-bond acceptors (Lipinski definition) is 4. The van der Waals surface area contributed by atoms with Gasteiger partial charge in [0.25, 0.3) is 5.91 Å². The van der Waals surface area contributed by atoms with Crippen molar-refractivity contribution in [3.8, 4) is 5.75 Å². The van der Waals surface area contributed by atoms with Crippen molar-refractivity contribution in [3.63, 3.8) is 0 Å². The minimum atomic E-state index is -0.253. The zero-order valence-electron chi connectivity index (χ0n) is 13.6. The van der Waals surface area contributed by atoms with Crippen LogP contribution in [0.5, 0.6) is 5.75 Å². The Hall–Kier alpha value is -3.73. The first-order chi connectivity index (χ1) is 12.7. The van der Waals surface area contributed by atoms with Crippen molar-refractivity contribution < 1.29 is 9.90 Å². The molecular weight excluding hydrogens is 328 g/mol. The lowest BCUT2D eigenvalue weighted by atomic mass is 10.0. The summed E-state index contributed by atoms with van der Waals surface area (Å²) in [5.41, 5.74) is 1.16. The van der Waals surface area contributed by atoms with E-state index in [1.807, 2.05) is 42.5 Å². The summed E-state index contributed by atoms with van der Waals surface area (Å²) >= 11 is 0. The van der Waals surface area contributed by atoms with Gasteiger partial charge in [-0.3, -0.25) is 4.79 Å². The molecule has 0 saturated carbocycles. The summed E-state index contributed by atoms with van der Waals surface area (Å²) in [4.78, 5) is 23.6. The van der Waals surface area contributed by atoms with E-state index in [1.54, 1.807) is 24.3 Å². The number of rotatable bonds is 3. The first-order valence-corrected chi connectivity index (χ1v) is 8.05. The number of fused-ring (bicyclic) bond motifs is 2. The number of phenolic OH excluding ortho intramolecular Hbond substituents is 1. The molecule has 0 aliphatic carbocycles. The maximum Gasteiger partial charge on any atom is 0.255 e. The Morgan fingerprint density at radius 3 is 2.50 bits per heavy atom. The fourth-order valence-corrected chi connectivity index (χ4v) is 3.07. The quantitative estimate of drug-likeness (QED) is 0.493. The molecule has 0 radical (unpaired) electrons. The van der Waals surface area contributed by atoms with Crippen LogP contribution in [-0.4, -0.2) is 11.0 Å². The summed E-state index contributed by atoms with van der Waals surface area (Å²) in [5.74, 6) is -0.433. The van der Waals surface area contributed by atoms with Crippen molar-refractivity contribution in [1.82, 2.24) is 0 Å². The average molecular weight is 342 g/mol. The molecule has 0 spiro atoms. The van der Waals surface area contributed by atoms with Gasteiger partial charge in [0.05, 0.1) is 0 Å². The highest BCUT2D eigenvalue weighted by Crippen LogP contribution is 2.35. The Balaban J connectivity index is 1.72. The minimum absolute atomic E-state index is 0.0245. The standard InChI is InChI=1S/C21H14N2O3/c24-19-11-9-14-12-15(8-10-17(14)20(19)23-26)21(25)22-18-7-3-5-13-4-1-2-6-16(13)18/h1-12,24H,(H,22,25). The molecule has 0 heterocycles. The first kappa shape index (κ1) is 15.8. The summed E-state index contributed by atoms with van der Waals surface area (Å²) in [7, 11) is 0. The van der Waals surface area contributed by atoms with Crippen LogP contribution in [-0.2, 0) is 0 Å². The maximum atomic E-state index is 12.7. The van der Waals surface area contributed by atoms with Gasteiger partial charge in [0.15, 0.2) is 5.69 Å². The van der Waals surface area contributed by atoms with Crippen LogP contribution in [0.3, 0.4) is 0 Å². The number of hydrogen-bond donors (Lipinski definition) is 2. The van der Waals surface area contributed by atoms with Crippen LogP contribution in [0, 0.1) is 4.91 Å². The molecule has 4 aromatic carbocycles. The van der Waals surface area contributed by atoms with E-state index in [4.69, 9.17) is 0 Å². The molecule has 5 nitrogen and oxygen atoms in total. The van der Waals surface area contributed by atoms with Crippen LogP contribution in [0.15, 0.2) is 78.0 Å².